The molecule has 0 aliphatic carbocycles. The number of rotatable bonds is 9. The van der Waals surface area contributed by atoms with E-state index in [-0.39, 0.29) is 17.8 Å². The lowest BCUT2D eigenvalue weighted by atomic mass is 9.94. The third kappa shape index (κ3) is 5.02. The molecule has 1 aliphatic rings. The molecule has 3 aromatic rings. The number of H-pyrrole nitrogens is 1. The summed E-state index contributed by atoms with van der Waals surface area (Å²) < 4.78 is 29.7. The molecule has 0 spiro atoms. The Morgan fingerprint density at radius 2 is 2.29 bits per heavy atom. The van der Waals surface area contributed by atoms with Crippen molar-refractivity contribution in [2.75, 3.05) is 30.9 Å². The highest BCUT2D eigenvalue weighted by atomic mass is 32.2. The number of anilines is 1. The quantitative estimate of drug-likeness (QED) is 0.370. The van der Waals surface area contributed by atoms with Crippen LogP contribution in [0.1, 0.15) is 33.1 Å². The second-order valence-electron chi connectivity index (χ2n) is 7.83. The number of aromatic amines is 1. The maximum Gasteiger partial charge on any atom is 0.244 e. The SMILES string of the molecule is CCCCOc1c(-c2cn[nH]c2)ncc2nc(N[C@H]3CCN(CS(=O)[O-])C[C@H]3C)nn12. The van der Waals surface area contributed by atoms with Crippen molar-refractivity contribution in [1.82, 2.24) is 34.7 Å². The monoisotopic (exact) mass is 447 g/mol. The molecule has 0 bridgehead atoms. The molecule has 3 aromatic heterocycles. The number of fused-ring (bicyclic) bond motifs is 1. The van der Waals surface area contributed by atoms with Gasteiger partial charge in [-0.1, -0.05) is 20.3 Å². The van der Waals surface area contributed by atoms with E-state index in [9.17, 15) is 8.76 Å². The second kappa shape index (κ2) is 9.71. The van der Waals surface area contributed by atoms with E-state index in [2.05, 4.69) is 44.4 Å². The number of likely N-dealkylation sites (tertiary alicyclic amines) is 1. The van der Waals surface area contributed by atoms with Crippen LogP contribution < -0.4 is 10.1 Å². The van der Waals surface area contributed by atoms with Crippen molar-refractivity contribution in [2.45, 2.75) is 39.2 Å². The second-order valence-corrected chi connectivity index (χ2v) is 8.70. The molecule has 1 aliphatic heterocycles. The Labute approximate surface area is 182 Å². The van der Waals surface area contributed by atoms with Gasteiger partial charge in [-0.05, 0) is 29.8 Å². The van der Waals surface area contributed by atoms with Gasteiger partial charge in [-0.15, -0.1) is 5.10 Å². The van der Waals surface area contributed by atoms with Gasteiger partial charge in [0.2, 0.25) is 11.8 Å². The summed E-state index contributed by atoms with van der Waals surface area (Å²) in [5.74, 6) is 1.37. The zero-order valence-corrected chi connectivity index (χ0v) is 18.5. The molecule has 0 saturated carbocycles. The van der Waals surface area contributed by atoms with E-state index in [0.717, 1.165) is 24.8 Å². The lowest BCUT2D eigenvalue weighted by Crippen LogP contribution is -2.46. The van der Waals surface area contributed by atoms with Gasteiger partial charge in [0, 0.05) is 30.9 Å². The molecule has 1 fully saturated rings. The van der Waals surface area contributed by atoms with Crippen molar-refractivity contribution >= 4 is 22.7 Å². The first-order chi connectivity index (χ1) is 15.0. The normalized spacial score (nSPS) is 20.7. The predicted molar refractivity (Wildman–Crippen MR) is 115 cm³/mol. The minimum absolute atomic E-state index is 0.0740. The number of ether oxygens (including phenoxy) is 1. The summed E-state index contributed by atoms with van der Waals surface area (Å²) in [6, 6.07) is 0.152. The number of nitrogens with one attached hydrogen (secondary N) is 2. The van der Waals surface area contributed by atoms with Gasteiger partial charge in [0.25, 0.3) is 0 Å². The molecule has 0 aromatic carbocycles. The van der Waals surface area contributed by atoms with Gasteiger partial charge in [-0.3, -0.25) is 14.2 Å². The topological polar surface area (TPSA) is 136 Å². The minimum Gasteiger partial charge on any atom is -0.771 e. The summed E-state index contributed by atoms with van der Waals surface area (Å²) >= 11 is -2.06. The van der Waals surface area contributed by atoms with Crippen LogP contribution in [0.25, 0.3) is 16.9 Å². The Morgan fingerprint density at radius 3 is 3.00 bits per heavy atom. The van der Waals surface area contributed by atoms with E-state index in [0.29, 0.717) is 42.9 Å². The smallest absolute Gasteiger partial charge is 0.244 e. The van der Waals surface area contributed by atoms with Gasteiger partial charge in [-0.2, -0.15) is 14.6 Å². The molecule has 4 heterocycles. The molecule has 1 saturated heterocycles. The molecular formula is C19H27N8O3S-. The highest BCUT2D eigenvalue weighted by molar-refractivity contribution is 7.79. The van der Waals surface area contributed by atoms with Crippen LogP contribution >= 0.6 is 0 Å². The summed E-state index contributed by atoms with van der Waals surface area (Å²) in [5, 5.41) is 14.9. The van der Waals surface area contributed by atoms with Crippen molar-refractivity contribution in [2.24, 2.45) is 5.92 Å². The first-order valence-corrected chi connectivity index (χ1v) is 11.7. The number of piperidine rings is 1. The van der Waals surface area contributed by atoms with Crippen molar-refractivity contribution in [3.05, 3.63) is 18.6 Å². The van der Waals surface area contributed by atoms with E-state index in [1.165, 1.54) is 0 Å². The molecule has 0 radical (unpaired) electrons. The number of hydrogen-bond acceptors (Lipinski definition) is 9. The summed E-state index contributed by atoms with van der Waals surface area (Å²) in [4.78, 5) is 11.1. The van der Waals surface area contributed by atoms with Gasteiger partial charge in [-0.25, -0.2) is 4.98 Å². The Kier molecular flexibility index (Phi) is 6.78. The standard InChI is InChI=1S/C19H28N8O3S/c1-3-4-7-30-18-17(14-8-21-22-9-14)20-10-16-24-19(25-27(16)18)23-15-5-6-26(11-13(15)2)12-31(28)29/h8-10,13,15H,3-7,11-12H2,1-2H3,(H,21,22)(H,23,25)(H,28,29)/p-1/t13-,15+/m1/s1. The van der Waals surface area contributed by atoms with E-state index in [1.807, 2.05) is 4.90 Å². The fourth-order valence-corrected chi connectivity index (χ4v) is 4.33. The largest absolute Gasteiger partial charge is 0.771 e. The fraction of sp³-hybridized carbons (Fsp3) is 0.579. The number of hydrogen-bond donors (Lipinski definition) is 2. The van der Waals surface area contributed by atoms with Crippen LogP contribution in [0.5, 0.6) is 5.88 Å². The van der Waals surface area contributed by atoms with Crippen LogP contribution in [0, 0.1) is 5.92 Å². The van der Waals surface area contributed by atoms with Gasteiger partial charge >= 0.3 is 0 Å². The lowest BCUT2D eigenvalue weighted by Gasteiger charge is -2.37. The Hall–Kier alpha value is -2.57. The zero-order valence-electron chi connectivity index (χ0n) is 17.7. The van der Waals surface area contributed by atoms with E-state index in [1.54, 1.807) is 23.1 Å². The highest BCUT2D eigenvalue weighted by Crippen LogP contribution is 2.29. The molecule has 12 heteroatoms. The first kappa shape index (κ1) is 21.7. The van der Waals surface area contributed by atoms with Crippen LogP contribution in [-0.2, 0) is 11.1 Å². The van der Waals surface area contributed by atoms with E-state index < -0.39 is 11.1 Å². The predicted octanol–water partition coefficient (Wildman–Crippen LogP) is 1.65. The fourth-order valence-electron chi connectivity index (χ4n) is 3.80. The molecule has 0 amide bonds. The molecule has 4 rings (SSSR count). The third-order valence-corrected chi connectivity index (χ3v) is 6.01. The van der Waals surface area contributed by atoms with Gasteiger partial charge < -0.3 is 14.6 Å². The van der Waals surface area contributed by atoms with Crippen LogP contribution in [0.15, 0.2) is 18.6 Å². The van der Waals surface area contributed by atoms with Gasteiger partial charge in [0.05, 0.1) is 24.9 Å². The molecule has 31 heavy (non-hydrogen) atoms. The van der Waals surface area contributed by atoms with Crippen LogP contribution in [0.2, 0.25) is 0 Å². The summed E-state index contributed by atoms with van der Waals surface area (Å²) in [7, 11) is 0. The molecule has 2 N–H and O–H groups in total. The van der Waals surface area contributed by atoms with Crippen molar-refractivity contribution < 1.29 is 13.5 Å². The van der Waals surface area contributed by atoms with Crippen LogP contribution in [-0.4, -0.2) is 75.1 Å². The Bertz CT molecular complexity index is 1020. The average Bonchev–Trinajstić information content (AvgIpc) is 3.39. The maximum absolute atomic E-state index is 11.0. The van der Waals surface area contributed by atoms with Crippen molar-refractivity contribution in [3.8, 4) is 17.1 Å². The van der Waals surface area contributed by atoms with Crippen molar-refractivity contribution in [3.63, 3.8) is 0 Å². The average molecular weight is 448 g/mol. The first-order valence-electron chi connectivity index (χ1n) is 10.5. The Balaban J connectivity index is 1.56. The van der Waals surface area contributed by atoms with Crippen LogP contribution in [0.3, 0.4) is 0 Å². The van der Waals surface area contributed by atoms with Crippen LogP contribution in [0.4, 0.5) is 5.95 Å². The zero-order chi connectivity index (χ0) is 21.8. The van der Waals surface area contributed by atoms with Gasteiger partial charge in [0.15, 0.2) is 5.65 Å². The minimum atomic E-state index is -2.06. The third-order valence-electron chi connectivity index (χ3n) is 5.44. The summed E-state index contributed by atoms with van der Waals surface area (Å²) in [6.07, 6.45) is 7.88. The van der Waals surface area contributed by atoms with E-state index in [4.69, 9.17) is 4.74 Å². The summed E-state index contributed by atoms with van der Waals surface area (Å²) in [6.45, 7) is 6.18. The molecule has 11 nitrogen and oxygen atoms in total. The highest BCUT2D eigenvalue weighted by Gasteiger charge is 2.27. The van der Waals surface area contributed by atoms with Crippen molar-refractivity contribution in [1.29, 1.82) is 0 Å². The molecule has 3 atom stereocenters. The number of nitrogens with zero attached hydrogens (tertiary/aromatic N) is 6. The number of unbranched alkanes of at least 4 members (excludes halogenated alkanes) is 1. The lowest BCUT2D eigenvalue weighted by molar-refractivity contribution is 0.194. The summed E-state index contributed by atoms with van der Waals surface area (Å²) in [5.41, 5.74) is 2.06. The number of aromatic nitrogens is 6. The molecular weight excluding hydrogens is 420 g/mol. The van der Waals surface area contributed by atoms with E-state index >= 15 is 0 Å². The Morgan fingerprint density at radius 1 is 1.42 bits per heavy atom. The maximum atomic E-state index is 11.0. The van der Waals surface area contributed by atoms with Gasteiger partial charge in [0.1, 0.15) is 5.69 Å². The molecule has 168 valence electrons. The molecule has 1 unspecified atom stereocenters.